The Morgan fingerprint density at radius 3 is 2.69 bits per heavy atom. The largest absolute Gasteiger partial charge is 0.354 e. The zero-order valence-corrected chi connectivity index (χ0v) is 16.2. The predicted molar refractivity (Wildman–Crippen MR) is 113 cm³/mol. The number of hydrogen-bond acceptors (Lipinski definition) is 5. The van der Waals surface area contributed by atoms with E-state index in [2.05, 4.69) is 44.4 Å². The predicted octanol–water partition coefficient (Wildman–Crippen LogP) is 4.57. The van der Waals surface area contributed by atoms with Crippen LogP contribution < -0.4 is 16.0 Å². The molecule has 8 heteroatoms. The first-order valence-electron chi connectivity index (χ1n) is 8.14. The van der Waals surface area contributed by atoms with E-state index in [1.165, 1.54) is 4.90 Å². The Labute approximate surface area is 162 Å². The van der Waals surface area contributed by atoms with Gasteiger partial charge in [0.2, 0.25) is 0 Å². The maximum absolute atomic E-state index is 5.31. The van der Waals surface area contributed by atoms with E-state index in [1.54, 1.807) is 24.2 Å². The molecule has 0 aliphatic heterocycles. The zero-order chi connectivity index (χ0) is 18.4. The zero-order valence-electron chi connectivity index (χ0n) is 14.6. The highest BCUT2D eigenvalue weighted by atomic mass is 32.2. The van der Waals surface area contributed by atoms with Gasteiger partial charge in [-0.15, -0.1) is 11.8 Å². The number of thiocarbonyl (C=S) groups is 1. The lowest BCUT2D eigenvalue weighted by Gasteiger charge is -2.10. The van der Waals surface area contributed by atoms with Gasteiger partial charge in [0, 0.05) is 23.3 Å². The second-order valence-corrected chi connectivity index (χ2v) is 6.74. The van der Waals surface area contributed by atoms with E-state index >= 15 is 0 Å². The van der Waals surface area contributed by atoms with Gasteiger partial charge in [0.25, 0.3) is 0 Å². The quantitative estimate of drug-likeness (QED) is 0.425. The number of hydrogen-bond donors (Lipinski definition) is 3. The van der Waals surface area contributed by atoms with E-state index in [9.17, 15) is 0 Å². The van der Waals surface area contributed by atoms with Gasteiger partial charge in [-0.3, -0.25) is 4.68 Å². The van der Waals surface area contributed by atoms with Crippen molar-refractivity contribution in [3.8, 4) is 0 Å². The molecule has 0 amide bonds. The Balaban J connectivity index is 1.57. The normalized spacial score (nSPS) is 10.4. The molecule has 0 unspecified atom stereocenters. The first-order valence-corrected chi connectivity index (χ1v) is 9.77. The van der Waals surface area contributed by atoms with Crippen LogP contribution in [0, 0.1) is 0 Å². The van der Waals surface area contributed by atoms with Gasteiger partial charge in [-0.25, -0.2) is 4.98 Å². The summed E-state index contributed by atoms with van der Waals surface area (Å²) in [5.41, 5.74) is 2.79. The topological polar surface area (TPSA) is 66.8 Å². The summed E-state index contributed by atoms with van der Waals surface area (Å²) in [6.45, 7) is 2.85. The van der Waals surface area contributed by atoms with Crippen molar-refractivity contribution in [2.24, 2.45) is 0 Å². The summed E-state index contributed by atoms with van der Waals surface area (Å²) in [5, 5.41) is 14.2. The van der Waals surface area contributed by atoms with Gasteiger partial charge in [-0.05, 0) is 55.7 Å². The van der Waals surface area contributed by atoms with Crippen LogP contribution in [-0.4, -0.2) is 26.1 Å². The van der Waals surface area contributed by atoms with Crippen LogP contribution >= 0.6 is 24.0 Å². The molecule has 2 heterocycles. The van der Waals surface area contributed by atoms with E-state index in [1.807, 2.05) is 42.1 Å². The fraction of sp³-hybridized carbons (Fsp3) is 0.167. The minimum Gasteiger partial charge on any atom is -0.354 e. The Hall–Kier alpha value is -2.58. The maximum atomic E-state index is 5.31. The summed E-state index contributed by atoms with van der Waals surface area (Å²) in [5.74, 6) is 0.675. The summed E-state index contributed by atoms with van der Waals surface area (Å²) >= 11 is 7.03. The molecule has 3 N–H and O–H groups in total. The number of anilines is 4. The molecule has 0 fully saturated rings. The minimum atomic E-state index is 0.474. The first-order chi connectivity index (χ1) is 12.7. The SMILES string of the molecule is CCn1cc(NC(=S)Nc2ccc(Nc3cccc(SC)c3)cn2)cn1. The molecule has 0 bridgehead atoms. The summed E-state index contributed by atoms with van der Waals surface area (Å²) in [6, 6.07) is 12.1. The number of rotatable bonds is 6. The van der Waals surface area contributed by atoms with Crippen molar-refractivity contribution in [1.82, 2.24) is 14.8 Å². The van der Waals surface area contributed by atoms with Gasteiger partial charge < -0.3 is 16.0 Å². The molecule has 0 spiro atoms. The maximum Gasteiger partial charge on any atom is 0.176 e. The average molecular weight is 385 g/mol. The van der Waals surface area contributed by atoms with E-state index in [0.29, 0.717) is 10.9 Å². The Morgan fingerprint density at radius 2 is 2.00 bits per heavy atom. The number of nitrogens with one attached hydrogen (secondary N) is 3. The van der Waals surface area contributed by atoms with Crippen molar-refractivity contribution in [3.63, 3.8) is 0 Å². The minimum absolute atomic E-state index is 0.474. The molecular weight excluding hydrogens is 364 g/mol. The monoisotopic (exact) mass is 384 g/mol. The lowest BCUT2D eigenvalue weighted by molar-refractivity contribution is 0.660. The summed E-state index contributed by atoms with van der Waals surface area (Å²) in [6.07, 6.45) is 7.47. The van der Waals surface area contributed by atoms with Crippen molar-refractivity contribution in [1.29, 1.82) is 0 Å². The second kappa shape index (κ2) is 8.68. The number of thioether (sulfide) groups is 1. The third-order valence-corrected chi connectivity index (χ3v) is 4.51. The molecule has 3 rings (SSSR count). The molecular formula is C18H20N6S2. The third-order valence-electron chi connectivity index (χ3n) is 3.58. The summed E-state index contributed by atoms with van der Waals surface area (Å²) in [4.78, 5) is 5.61. The summed E-state index contributed by atoms with van der Waals surface area (Å²) in [7, 11) is 0. The molecule has 6 nitrogen and oxygen atoms in total. The van der Waals surface area contributed by atoms with Crippen LogP contribution in [0.2, 0.25) is 0 Å². The highest BCUT2D eigenvalue weighted by Gasteiger charge is 2.03. The number of nitrogens with zero attached hydrogens (tertiary/aromatic N) is 3. The van der Waals surface area contributed by atoms with Crippen LogP contribution in [0.25, 0.3) is 0 Å². The number of aryl methyl sites for hydroxylation is 1. The van der Waals surface area contributed by atoms with E-state index < -0.39 is 0 Å². The number of aromatic nitrogens is 3. The van der Waals surface area contributed by atoms with Crippen LogP contribution in [0.15, 0.2) is 59.9 Å². The van der Waals surface area contributed by atoms with Crippen molar-refractivity contribution in [3.05, 3.63) is 55.0 Å². The van der Waals surface area contributed by atoms with Gasteiger partial charge in [0.05, 0.1) is 23.8 Å². The van der Waals surface area contributed by atoms with Crippen LogP contribution in [0.4, 0.5) is 22.9 Å². The van der Waals surface area contributed by atoms with Gasteiger partial charge in [0.1, 0.15) is 5.82 Å². The van der Waals surface area contributed by atoms with E-state index in [0.717, 1.165) is 23.6 Å². The molecule has 0 aliphatic rings. The average Bonchev–Trinajstić information content (AvgIpc) is 3.11. The van der Waals surface area contributed by atoms with Crippen LogP contribution in [0.1, 0.15) is 6.92 Å². The lowest BCUT2D eigenvalue weighted by atomic mass is 10.3. The van der Waals surface area contributed by atoms with Crippen molar-refractivity contribution < 1.29 is 0 Å². The molecule has 26 heavy (non-hydrogen) atoms. The molecule has 3 aromatic rings. The molecule has 0 atom stereocenters. The molecule has 134 valence electrons. The standard InChI is InChI=1S/C18H20N6S2/c1-3-24-12-15(11-20-24)22-18(25)23-17-8-7-14(10-19-17)21-13-5-4-6-16(9-13)26-2/h4-12,21H,3H2,1-2H3,(H2,19,22,23,25). The lowest BCUT2D eigenvalue weighted by Crippen LogP contribution is -2.19. The molecule has 0 saturated carbocycles. The van der Waals surface area contributed by atoms with Gasteiger partial charge in [-0.1, -0.05) is 6.07 Å². The summed E-state index contributed by atoms with van der Waals surface area (Å²) < 4.78 is 1.83. The Morgan fingerprint density at radius 1 is 1.12 bits per heavy atom. The van der Waals surface area contributed by atoms with Gasteiger partial charge >= 0.3 is 0 Å². The van der Waals surface area contributed by atoms with Gasteiger partial charge in [-0.2, -0.15) is 5.10 Å². The number of benzene rings is 1. The Kier molecular flexibility index (Phi) is 6.08. The van der Waals surface area contributed by atoms with E-state index in [-0.39, 0.29) is 0 Å². The fourth-order valence-electron chi connectivity index (χ4n) is 2.29. The molecule has 0 saturated heterocycles. The van der Waals surface area contributed by atoms with Crippen LogP contribution in [0.3, 0.4) is 0 Å². The Bertz CT molecular complexity index is 875. The van der Waals surface area contributed by atoms with Crippen LogP contribution in [0.5, 0.6) is 0 Å². The highest BCUT2D eigenvalue weighted by molar-refractivity contribution is 7.98. The van der Waals surface area contributed by atoms with Crippen molar-refractivity contribution in [2.75, 3.05) is 22.2 Å². The number of pyridine rings is 1. The molecule has 2 aromatic heterocycles. The van der Waals surface area contributed by atoms with Crippen molar-refractivity contribution in [2.45, 2.75) is 18.4 Å². The third kappa shape index (κ3) is 4.96. The second-order valence-electron chi connectivity index (χ2n) is 5.45. The molecule has 0 radical (unpaired) electrons. The molecule has 1 aromatic carbocycles. The molecule has 0 aliphatic carbocycles. The van der Waals surface area contributed by atoms with E-state index in [4.69, 9.17) is 12.2 Å². The van der Waals surface area contributed by atoms with Crippen molar-refractivity contribution >= 4 is 52.0 Å². The van der Waals surface area contributed by atoms with Crippen LogP contribution in [-0.2, 0) is 6.54 Å². The smallest absolute Gasteiger partial charge is 0.176 e. The fourth-order valence-corrected chi connectivity index (χ4v) is 2.97. The van der Waals surface area contributed by atoms with Gasteiger partial charge in [0.15, 0.2) is 5.11 Å². The highest BCUT2D eigenvalue weighted by Crippen LogP contribution is 2.22. The first kappa shape index (κ1) is 18.2.